The Morgan fingerprint density at radius 1 is 1.19 bits per heavy atom. The molecule has 3 aliphatic heterocycles. The average molecular weight is 373 g/mol. The molecular weight excluding hydrogens is 332 g/mol. The van der Waals surface area contributed by atoms with Crippen molar-refractivity contribution < 1.29 is 4.74 Å². The van der Waals surface area contributed by atoms with E-state index in [4.69, 9.17) is 4.74 Å². The molecule has 0 amide bonds. The van der Waals surface area contributed by atoms with Gasteiger partial charge in [0.2, 0.25) is 0 Å². The van der Waals surface area contributed by atoms with Crippen LogP contribution in [0, 0.1) is 11.8 Å². The number of anilines is 1. The van der Waals surface area contributed by atoms with Gasteiger partial charge in [-0.25, -0.2) is 0 Å². The van der Waals surface area contributed by atoms with E-state index in [1.54, 1.807) is 7.11 Å². The minimum absolute atomic E-state index is 0.224. The first-order valence-corrected chi connectivity index (χ1v) is 10.9. The zero-order chi connectivity index (χ0) is 20.2. The monoisotopic (exact) mass is 372 g/mol. The van der Waals surface area contributed by atoms with E-state index in [0.717, 1.165) is 12.3 Å². The number of methoxy groups -OCH3 is 1. The highest BCUT2D eigenvalue weighted by Gasteiger charge is 2.58. The average Bonchev–Trinajstić information content (AvgIpc) is 3.24. The topological polar surface area (TPSA) is 24.5 Å². The van der Waals surface area contributed by atoms with Gasteiger partial charge in [0.25, 0.3) is 0 Å². The standard InChI is InChI=1S/C20H28N2O.2C2H6/c1-13(2)16-6-5-10-22-11-9-20(19(16)22)14(3)21-18-12-15(23-4)7-8-17(18)20;2*1-2/h5-8,12-14,16,19,21H,9-11H2,1-4H3;2*1-2H3. The minimum Gasteiger partial charge on any atom is -0.497 e. The number of benzene rings is 1. The van der Waals surface area contributed by atoms with E-state index in [9.17, 15) is 0 Å². The van der Waals surface area contributed by atoms with Crippen molar-refractivity contribution in [1.29, 1.82) is 0 Å². The molecule has 3 aliphatic rings. The summed E-state index contributed by atoms with van der Waals surface area (Å²) in [5.74, 6) is 2.24. The van der Waals surface area contributed by atoms with Crippen LogP contribution in [0.15, 0.2) is 30.4 Å². The molecule has 1 aromatic carbocycles. The number of rotatable bonds is 2. The number of fused-ring (bicyclic) bond motifs is 4. The first-order valence-electron chi connectivity index (χ1n) is 10.9. The summed E-state index contributed by atoms with van der Waals surface area (Å²) in [6.45, 7) is 17.4. The maximum Gasteiger partial charge on any atom is 0.120 e. The lowest BCUT2D eigenvalue weighted by molar-refractivity contribution is 0.133. The molecule has 3 heterocycles. The predicted molar refractivity (Wildman–Crippen MR) is 118 cm³/mol. The molecule has 0 bridgehead atoms. The Hall–Kier alpha value is -1.48. The van der Waals surface area contributed by atoms with Crippen LogP contribution in [0.3, 0.4) is 0 Å². The fourth-order valence-electron chi connectivity index (χ4n) is 5.32. The largest absolute Gasteiger partial charge is 0.497 e. The first-order chi connectivity index (χ1) is 13.1. The van der Waals surface area contributed by atoms with Crippen molar-refractivity contribution >= 4 is 5.69 Å². The van der Waals surface area contributed by atoms with Gasteiger partial charge in [-0.1, -0.05) is 59.8 Å². The highest BCUT2D eigenvalue weighted by molar-refractivity contribution is 5.66. The molecule has 1 N–H and O–H groups in total. The quantitative estimate of drug-likeness (QED) is 0.672. The van der Waals surface area contributed by atoms with Crippen molar-refractivity contribution in [2.75, 3.05) is 25.5 Å². The summed E-state index contributed by atoms with van der Waals surface area (Å²) in [6, 6.07) is 7.68. The van der Waals surface area contributed by atoms with Gasteiger partial charge < -0.3 is 10.1 Å². The van der Waals surface area contributed by atoms with Gasteiger partial charge in [0.05, 0.1) is 7.11 Å². The van der Waals surface area contributed by atoms with E-state index in [1.165, 1.54) is 24.2 Å². The van der Waals surface area contributed by atoms with Gasteiger partial charge in [-0.15, -0.1) is 0 Å². The van der Waals surface area contributed by atoms with E-state index in [0.29, 0.717) is 23.9 Å². The molecule has 4 atom stereocenters. The van der Waals surface area contributed by atoms with Gasteiger partial charge in [-0.05, 0) is 43.4 Å². The Morgan fingerprint density at radius 2 is 1.89 bits per heavy atom. The molecule has 1 fully saturated rings. The van der Waals surface area contributed by atoms with Gasteiger partial charge >= 0.3 is 0 Å². The Labute approximate surface area is 167 Å². The van der Waals surface area contributed by atoms with E-state index in [2.05, 4.69) is 61.3 Å². The van der Waals surface area contributed by atoms with Gasteiger partial charge in [-0.2, -0.15) is 0 Å². The van der Waals surface area contributed by atoms with Crippen LogP contribution in [0.4, 0.5) is 5.69 Å². The SMILES string of the molecule is CC.CC.COc1ccc2c(c1)NC(C)C21CCN2CC=CC(C(C)C)C21. The lowest BCUT2D eigenvalue weighted by Crippen LogP contribution is -2.54. The molecule has 4 rings (SSSR count). The molecule has 152 valence electrons. The maximum atomic E-state index is 5.43. The van der Waals surface area contributed by atoms with Crippen molar-refractivity contribution in [2.24, 2.45) is 11.8 Å². The fraction of sp³-hybridized carbons (Fsp3) is 0.667. The zero-order valence-electron chi connectivity index (χ0n) is 18.7. The molecule has 27 heavy (non-hydrogen) atoms. The number of nitrogens with zero attached hydrogens (tertiary/aromatic N) is 1. The number of nitrogens with one attached hydrogen (secondary N) is 1. The molecule has 0 saturated carbocycles. The number of hydrogen-bond donors (Lipinski definition) is 1. The third-order valence-corrected chi connectivity index (χ3v) is 6.44. The van der Waals surface area contributed by atoms with Gasteiger partial charge in [0.15, 0.2) is 0 Å². The highest BCUT2D eigenvalue weighted by Crippen LogP contribution is 2.55. The lowest BCUT2D eigenvalue weighted by atomic mass is 9.65. The van der Waals surface area contributed by atoms with E-state index in [-0.39, 0.29) is 5.41 Å². The van der Waals surface area contributed by atoms with E-state index >= 15 is 0 Å². The smallest absolute Gasteiger partial charge is 0.120 e. The lowest BCUT2D eigenvalue weighted by Gasteiger charge is -2.45. The van der Waals surface area contributed by atoms with Crippen LogP contribution in [0.1, 0.15) is 60.5 Å². The van der Waals surface area contributed by atoms with Crippen molar-refractivity contribution in [3.8, 4) is 5.75 Å². The molecule has 1 saturated heterocycles. The van der Waals surface area contributed by atoms with Crippen LogP contribution in [-0.2, 0) is 5.41 Å². The molecule has 3 nitrogen and oxygen atoms in total. The normalized spacial score (nSPS) is 30.6. The summed E-state index contributed by atoms with van der Waals surface area (Å²) in [4.78, 5) is 2.71. The van der Waals surface area contributed by atoms with Gasteiger partial charge in [0, 0.05) is 35.8 Å². The predicted octanol–water partition coefficient (Wildman–Crippen LogP) is 5.72. The van der Waals surface area contributed by atoms with Crippen LogP contribution >= 0.6 is 0 Å². The molecule has 1 aromatic rings. The molecular formula is C24H40N2O. The summed E-state index contributed by atoms with van der Waals surface area (Å²) < 4.78 is 5.43. The molecule has 3 heteroatoms. The summed E-state index contributed by atoms with van der Waals surface area (Å²) in [7, 11) is 1.74. The summed E-state index contributed by atoms with van der Waals surface area (Å²) in [6.07, 6.45) is 6.10. The summed E-state index contributed by atoms with van der Waals surface area (Å²) >= 11 is 0. The molecule has 0 radical (unpaired) electrons. The van der Waals surface area contributed by atoms with Crippen molar-refractivity contribution in [1.82, 2.24) is 4.90 Å². The number of ether oxygens (including phenoxy) is 1. The third-order valence-electron chi connectivity index (χ3n) is 6.44. The van der Waals surface area contributed by atoms with Crippen molar-refractivity contribution in [3.05, 3.63) is 35.9 Å². The second-order valence-electron chi connectivity index (χ2n) is 7.76. The van der Waals surface area contributed by atoms with Crippen LogP contribution in [-0.4, -0.2) is 37.2 Å². The molecule has 0 aliphatic carbocycles. The van der Waals surface area contributed by atoms with Crippen LogP contribution in [0.2, 0.25) is 0 Å². The van der Waals surface area contributed by atoms with Crippen molar-refractivity contribution in [2.45, 2.75) is 72.4 Å². The van der Waals surface area contributed by atoms with Crippen LogP contribution in [0.5, 0.6) is 5.75 Å². The Balaban J connectivity index is 0.000000614. The summed E-state index contributed by atoms with van der Waals surface area (Å²) in [5, 5.41) is 3.77. The van der Waals surface area contributed by atoms with Crippen LogP contribution in [0.25, 0.3) is 0 Å². The van der Waals surface area contributed by atoms with Crippen molar-refractivity contribution in [3.63, 3.8) is 0 Å². The molecule has 1 spiro atoms. The van der Waals surface area contributed by atoms with E-state index < -0.39 is 0 Å². The maximum absolute atomic E-state index is 5.43. The Kier molecular flexibility index (Phi) is 7.39. The number of hydrogen-bond acceptors (Lipinski definition) is 3. The second-order valence-corrected chi connectivity index (χ2v) is 7.76. The van der Waals surface area contributed by atoms with E-state index in [1.807, 2.05) is 27.7 Å². The Bertz CT molecular complexity index is 639. The Morgan fingerprint density at radius 3 is 2.52 bits per heavy atom. The third kappa shape index (κ3) is 3.51. The minimum atomic E-state index is 0.224. The fourth-order valence-corrected chi connectivity index (χ4v) is 5.32. The zero-order valence-corrected chi connectivity index (χ0v) is 18.7. The van der Waals surface area contributed by atoms with Gasteiger partial charge in [0.1, 0.15) is 5.75 Å². The highest BCUT2D eigenvalue weighted by atomic mass is 16.5. The van der Waals surface area contributed by atoms with Gasteiger partial charge in [-0.3, -0.25) is 4.90 Å². The first kappa shape index (κ1) is 21.8. The van der Waals surface area contributed by atoms with Crippen LogP contribution < -0.4 is 10.1 Å². The molecule has 4 unspecified atom stereocenters. The second kappa shape index (κ2) is 9.14. The molecule has 0 aromatic heterocycles. The summed E-state index contributed by atoms with van der Waals surface area (Å²) in [5.41, 5.74) is 3.00.